The van der Waals surface area contributed by atoms with Crippen molar-refractivity contribution in [2.75, 3.05) is 14.2 Å². The summed E-state index contributed by atoms with van der Waals surface area (Å²) in [6.07, 6.45) is 6.65. The second kappa shape index (κ2) is 10.9. The summed E-state index contributed by atoms with van der Waals surface area (Å²) in [6.45, 7) is 2.40. The monoisotopic (exact) mass is 535 g/mol. The zero-order valence-electron chi connectivity index (χ0n) is 21.6. The molecule has 0 saturated heterocycles. The Labute approximate surface area is 225 Å². The fourth-order valence-corrected chi connectivity index (χ4v) is 5.38. The van der Waals surface area contributed by atoms with Gasteiger partial charge in [0.15, 0.2) is 5.75 Å². The summed E-state index contributed by atoms with van der Waals surface area (Å²) in [6, 6.07) is 11.2. The quantitative estimate of drug-likeness (QED) is 0.372. The van der Waals surface area contributed by atoms with Crippen LogP contribution in [0.25, 0.3) is 16.7 Å². The Morgan fingerprint density at radius 2 is 1.79 bits per heavy atom. The van der Waals surface area contributed by atoms with Gasteiger partial charge in [-0.3, -0.25) is 18.9 Å². The lowest BCUT2D eigenvalue weighted by molar-refractivity contribution is 0.0919. The van der Waals surface area contributed by atoms with Crippen LogP contribution >= 0.6 is 11.6 Å². The van der Waals surface area contributed by atoms with Crippen molar-refractivity contribution in [3.63, 3.8) is 0 Å². The lowest BCUT2D eigenvalue weighted by Crippen LogP contribution is -2.39. The summed E-state index contributed by atoms with van der Waals surface area (Å²) >= 11 is 6.04. The van der Waals surface area contributed by atoms with Crippen LogP contribution in [0.4, 0.5) is 0 Å². The lowest BCUT2D eigenvalue weighted by Gasteiger charge is -2.29. The number of hydrogen-bond donors (Lipinski definition) is 1. The number of carbonyl (C=O) groups is 1. The first-order valence-corrected chi connectivity index (χ1v) is 13.0. The number of nitrogens with zero attached hydrogens (tertiary/aromatic N) is 4. The summed E-state index contributed by atoms with van der Waals surface area (Å²) in [5.74, 6) is 0.985. The summed E-state index contributed by atoms with van der Waals surface area (Å²) in [4.78, 5) is 35.0. The third-order valence-electron chi connectivity index (χ3n) is 7.23. The molecule has 1 amide bonds. The van der Waals surface area contributed by atoms with Gasteiger partial charge in [0.05, 0.1) is 53.4 Å². The highest BCUT2D eigenvalue weighted by atomic mass is 35.5. The Morgan fingerprint density at radius 3 is 2.50 bits per heavy atom. The predicted molar refractivity (Wildman–Crippen MR) is 146 cm³/mol. The molecule has 9 nitrogen and oxygen atoms in total. The van der Waals surface area contributed by atoms with Gasteiger partial charge in [-0.2, -0.15) is 0 Å². The normalized spacial score (nSPS) is 17.4. The first kappa shape index (κ1) is 25.8. The Bertz CT molecular complexity index is 1540. The molecule has 1 aliphatic rings. The fraction of sp³-hybridized carbons (Fsp3) is 0.357. The van der Waals surface area contributed by atoms with Gasteiger partial charge in [-0.05, 0) is 56.7 Å². The van der Waals surface area contributed by atoms with Gasteiger partial charge < -0.3 is 14.8 Å². The number of fused-ring (bicyclic) bond motifs is 1. The van der Waals surface area contributed by atoms with Gasteiger partial charge >= 0.3 is 5.69 Å². The Kier molecular flexibility index (Phi) is 7.37. The number of imidazole rings is 1. The number of carbonyl (C=O) groups excluding carboxylic acids is 1. The number of methoxy groups -OCH3 is 2. The summed E-state index contributed by atoms with van der Waals surface area (Å²) in [5.41, 5.74) is 3.31. The van der Waals surface area contributed by atoms with Crippen molar-refractivity contribution < 1.29 is 14.3 Å². The Hall–Kier alpha value is -3.85. The lowest BCUT2D eigenvalue weighted by atomic mass is 9.85. The molecule has 0 aliphatic heterocycles. The second-order valence-corrected chi connectivity index (χ2v) is 10.0. The van der Waals surface area contributed by atoms with E-state index in [9.17, 15) is 9.59 Å². The molecule has 0 spiro atoms. The van der Waals surface area contributed by atoms with Gasteiger partial charge in [0.25, 0.3) is 11.8 Å². The number of benzene rings is 1. The summed E-state index contributed by atoms with van der Waals surface area (Å²) in [7, 11) is 3.07. The van der Waals surface area contributed by atoms with E-state index in [0.717, 1.165) is 36.7 Å². The average molecular weight is 536 g/mol. The van der Waals surface area contributed by atoms with Crippen LogP contribution in [0, 0.1) is 12.8 Å². The number of nitrogens with one attached hydrogen (secondary N) is 1. The molecule has 3 aromatic heterocycles. The molecule has 0 atom stereocenters. The van der Waals surface area contributed by atoms with Crippen molar-refractivity contribution in [3.8, 4) is 17.3 Å². The number of aryl methyl sites for hydroxylation is 1. The van der Waals surface area contributed by atoms with Crippen molar-refractivity contribution in [2.24, 2.45) is 5.92 Å². The highest BCUT2D eigenvalue weighted by molar-refractivity contribution is 6.30. The fourth-order valence-electron chi connectivity index (χ4n) is 5.23. The zero-order chi connectivity index (χ0) is 26.8. The van der Waals surface area contributed by atoms with Gasteiger partial charge in [-0.25, -0.2) is 9.78 Å². The van der Waals surface area contributed by atoms with Crippen LogP contribution in [0.5, 0.6) is 11.6 Å². The zero-order valence-corrected chi connectivity index (χ0v) is 22.4. The number of amides is 1. The van der Waals surface area contributed by atoms with Crippen LogP contribution in [-0.2, 0) is 6.54 Å². The standard InChI is InChI=1S/C28H30ClN5O4/c1-17-22(12-19(29)14-30-17)26(35)32-20-10-8-18(9-11-20)16-33-23-6-4-5-7-24(23)34(28(33)36)21-13-25(37-2)27(38-3)31-15-21/h4-7,12-15,18,20H,8-11,16H2,1-3H3,(H,32,35)/t18-,20-. The molecule has 1 aromatic carbocycles. The van der Waals surface area contributed by atoms with Gasteiger partial charge in [0.1, 0.15) is 0 Å². The minimum Gasteiger partial charge on any atom is -0.491 e. The summed E-state index contributed by atoms with van der Waals surface area (Å²) in [5, 5.41) is 3.58. The van der Waals surface area contributed by atoms with E-state index in [2.05, 4.69) is 15.3 Å². The molecule has 1 N–H and O–H groups in total. The average Bonchev–Trinajstić information content (AvgIpc) is 3.21. The molecule has 0 bridgehead atoms. The maximum absolute atomic E-state index is 13.7. The molecular weight excluding hydrogens is 506 g/mol. The van der Waals surface area contributed by atoms with Gasteiger partial charge in [0.2, 0.25) is 0 Å². The van der Waals surface area contributed by atoms with Crippen molar-refractivity contribution in [1.82, 2.24) is 24.4 Å². The van der Waals surface area contributed by atoms with E-state index in [0.29, 0.717) is 46.1 Å². The largest absolute Gasteiger partial charge is 0.491 e. The van der Waals surface area contributed by atoms with Crippen LogP contribution < -0.4 is 20.5 Å². The van der Waals surface area contributed by atoms with E-state index in [1.807, 2.05) is 28.8 Å². The number of rotatable bonds is 7. The van der Waals surface area contributed by atoms with E-state index >= 15 is 0 Å². The topological polar surface area (TPSA) is 100 Å². The van der Waals surface area contributed by atoms with Gasteiger partial charge in [-0.15, -0.1) is 0 Å². The van der Waals surface area contributed by atoms with Crippen molar-refractivity contribution in [2.45, 2.75) is 45.2 Å². The maximum Gasteiger partial charge on any atom is 0.333 e. The van der Waals surface area contributed by atoms with Gasteiger partial charge in [0, 0.05) is 24.8 Å². The van der Waals surface area contributed by atoms with Crippen LogP contribution in [0.15, 0.2) is 53.6 Å². The molecule has 38 heavy (non-hydrogen) atoms. The van der Waals surface area contributed by atoms with Crippen LogP contribution in [-0.4, -0.2) is 45.3 Å². The molecule has 0 radical (unpaired) electrons. The predicted octanol–water partition coefficient (Wildman–Crippen LogP) is 4.55. The number of ether oxygens (including phenoxy) is 2. The molecule has 198 valence electrons. The maximum atomic E-state index is 13.7. The second-order valence-electron chi connectivity index (χ2n) is 9.60. The highest BCUT2D eigenvalue weighted by Crippen LogP contribution is 2.30. The van der Waals surface area contributed by atoms with Crippen molar-refractivity contribution in [3.05, 3.63) is 75.6 Å². The number of para-hydroxylation sites is 2. The molecule has 1 saturated carbocycles. The minimum absolute atomic E-state index is 0.0769. The number of halogens is 1. The third-order valence-corrected chi connectivity index (χ3v) is 7.44. The van der Waals surface area contributed by atoms with E-state index in [-0.39, 0.29) is 17.6 Å². The molecule has 1 fully saturated rings. The molecule has 10 heteroatoms. The highest BCUT2D eigenvalue weighted by Gasteiger charge is 2.26. The first-order chi connectivity index (χ1) is 18.4. The van der Waals surface area contributed by atoms with Crippen molar-refractivity contribution >= 4 is 28.5 Å². The Morgan fingerprint density at radius 1 is 1.05 bits per heavy atom. The van der Waals surface area contributed by atoms with Crippen LogP contribution in [0.1, 0.15) is 41.7 Å². The van der Waals surface area contributed by atoms with Gasteiger partial charge in [-0.1, -0.05) is 23.7 Å². The van der Waals surface area contributed by atoms with Crippen molar-refractivity contribution in [1.29, 1.82) is 0 Å². The van der Waals surface area contributed by atoms with E-state index in [4.69, 9.17) is 21.1 Å². The smallest absolute Gasteiger partial charge is 0.333 e. The van der Waals surface area contributed by atoms with E-state index in [1.165, 1.54) is 7.11 Å². The third kappa shape index (κ3) is 4.98. The van der Waals surface area contributed by atoms with E-state index < -0.39 is 0 Å². The molecule has 5 rings (SSSR count). The number of pyridine rings is 2. The molecule has 4 aromatic rings. The van der Waals surface area contributed by atoms with E-state index in [1.54, 1.807) is 43.1 Å². The molecule has 1 aliphatic carbocycles. The SMILES string of the molecule is COc1cc(-n2c(=O)n(C[C@H]3CC[C@H](NC(=O)c4cc(Cl)cnc4C)CC3)c3ccccc32)cnc1OC. The first-order valence-electron chi connectivity index (χ1n) is 12.6. The number of aromatic nitrogens is 4. The number of hydrogen-bond acceptors (Lipinski definition) is 6. The Balaban J connectivity index is 1.33. The summed E-state index contributed by atoms with van der Waals surface area (Å²) < 4.78 is 14.2. The minimum atomic E-state index is -0.149. The molecule has 0 unspecified atom stereocenters. The van der Waals surface area contributed by atoms with Crippen LogP contribution in [0.2, 0.25) is 5.02 Å². The molecular formula is C28H30ClN5O4. The van der Waals surface area contributed by atoms with Crippen LogP contribution in [0.3, 0.4) is 0 Å². The molecule has 3 heterocycles.